The van der Waals surface area contributed by atoms with Gasteiger partial charge in [-0.25, -0.2) is 4.98 Å². The molecule has 0 aliphatic heterocycles. The average Bonchev–Trinajstić information content (AvgIpc) is 3.17. The molecule has 2 aromatic heterocycles. The summed E-state index contributed by atoms with van der Waals surface area (Å²) in [6.07, 6.45) is 4.04. The van der Waals surface area contributed by atoms with Crippen molar-refractivity contribution in [2.75, 3.05) is 7.11 Å². The molecule has 0 unspecified atom stereocenters. The van der Waals surface area contributed by atoms with Crippen LogP contribution in [-0.4, -0.2) is 16.5 Å². The third-order valence-corrected chi connectivity index (χ3v) is 5.16. The Labute approximate surface area is 177 Å². The molecule has 0 aliphatic rings. The van der Waals surface area contributed by atoms with Crippen LogP contribution in [0.3, 0.4) is 0 Å². The molecule has 4 aromatic rings. The van der Waals surface area contributed by atoms with Crippen molar-refractivity contribution >= 4 is 21.6 Å². The van der Waals surface area contributed by atoms with E-state index in [0.29, 0.717) is 23.7 Å². The van der Waals surface area contributed by atoms with Crippen molar-refractivity contribution < 1.29 is 9.47 Å². The maximum Gasteiger partial charge on any atom is 0.161 e. The van der Waals surface area contributed by atoms with Gasteiger partial charge in [0, 0.05) is 18.0 Å². The zero-order valence-corrected chi connectivity index (χ0v) is 17.6. The number of rotatable bonds is 5. The van der Waals surface area contributed by atoms with Crippen LogP contribution in [0.1, 0.15) is 16.7 Å². The summed E-state index contributed by atoms with van der Waals surface area (Å²) in [4.78, 5) is 4.73. The maximum absolute atomic E-state index is 8.89. The molecule has 0 atom stereocenters. The van der Waals surface area contributed by atoms with Crippen LogP contribution < -0.4 is 9.47 Å². The summed E-state index contributed by atoms with van der Waals surface area (Å²) in [5, 5.41) is 8.89. The van der Waals surface area contributed by atoms with Gasteiger partial charge in [-0.2, -0.15) is 5.26 Å². The van der Waals surface area contributed by atoms with E-state index in [1.54, 1.807) is 19.2 Å². The Morgan fingerprint density at radius 3 is 2.59 bits per heavy atom. The molecule has 5 nitrogen and oxygen atoms in total. The third-order valence-electron chi connectivity index (χ3n) is 4.58. The molecule has 0 fully saturated rings. The van der Waals surface area contributed by atoms with Gasteiger partial charge in [-0.3, -0.25) is 0 Å². The Bertz CT molecular complexity index is 1220. The molecule has 2 heterocycles. The van der Waals surface area contributed by atoms with E-state index in [4.69, 9.17) is 19.7 Å². The second kappa shape index (κ2) is 7.98. The van der Waals surface area contributed by atoms with Crippen molar-refractivity contribution in [3.63, 3.8) is 0 Å². The fourth-order valence-corrected chi connectivity index (χ4v) is 3.77. The first-order valence-electron chi connectivity index (χ1n) is 9.02. The number of benzene rings is 2. The molecule has 0 radical (unpaired) electrons. The number of hydrogen-bond donors (Lipinski definition) is 0. The van der Waals surface area contributed by atoms with E-state index in [1.165, 1.54) is 0 Å². The Morgan fingerprint density at radius 2 is 1.86 bits per heavy atom. The summed E-state index contributed by atoms with van der Waals surface area (Å²) >= 11 is 3.58. The summed E-state index contributed by atoms with van der Waals surface area (Å²) in [5.74, 6) is 1.30. The SMILES string of the molecule is COc1cc(-c2cn3cc(C)cc(Br)c3n2)ccc1OCc1ccc(C#N)cc1. The van der Waals surface area contributed by atoms with Gasteiger partial charge in [0.05, 0.1) is 28.9 Å². The monoisotopic (exact) mass is 447 g/mol. The van der Waals surface area contributed by atoms with Gasteiger partial charge in [-0.15, -0.1) is 0 Å². The highest BCUT2D eigenvalue weighted by atomic mass is 79.9. The Hall–Kier alpha value is -3.30. The minimum atomic E-state index is 0.391. The topological polar surface area (TPSA) is 59.6 Å². The lowest BCUT2D eigenvalue weighted by molar-refractivity contribution is 0.284. The highest BCUT2D eigenvalue weighted by molar-refractivity contribution is 9.10. The first kappa shape index (κ1) is 19.0. The van der Waals surface area contributed by atoms with Crippen molar-refractivity contribution in [1.82, 2.24) is 9.38 Å². The van der Waals surface area contributed by atoms with Crippen LogP contribution in [0, 0.1) is 18.3 Å². The quantitative estimate of drug-likeness (QED) is 0.403. The number of imidazole rings is 1. The zero-order chi connectivity index (χ0) is 20.4. The van der Waals surface area contributed by atoms with Crippen LogP contribution in [0.5, 0.6) is 11.5 Å². The van der Waals surface area contributed by atoms with Gasteiger partial charge in [0.1, 0.15) is 6.61 Å². The molecular formula is C23H18BrN3O2. The molecule has 2 aromatic carbocycles. The number of pyridine rings is 1. The minimum Gasteiger partial charge on any atom is -0.493 e. The van der Waals surface area contributed by atoms with Crippen molar-refractivity contribution in [2.24, 2.45) is 0 Å². The number of aromatic nitrogens is 2. The smallest absolute Gasteiger partial charge is 0.161 e. The van der Waals surface area contributed by atoms with Crippen LogP contribution in [0.15, 0.2) is 65.4 Å². The van der Waals surface area contributed by atoms with Crippen LogP contribution in [0.4, 0.5) is 0 Å². The molecule has 29 heavy (non-hydrogen) atoms. The molecule has 0 saturated carbocycles. The molecule has 144 valence electrons. The lowest BCUT2D eigenvalue weighted by Gasteiger charge is -2.12. The number of methoxy groups -OCH3 is 1. The summed E-state index contributed by atoms with van der Waals surface area (Å²) in [7, 11) is 1.62. The third kappa shape index (κ3) is 3.96. The highest BCUT2D eigenvalue weighted by Gasteiger charge is 2.12. The van der Waals surface area contributed by atoms with Crippen LogP contribution in [-0.2, 0) is 6.61 Å². The fourth-order valence-electron chi connectivity index (χ4n) is 3.11. The molecule has 0 saturated heterocycles. The normalized spacial score (nSPS) is 10.7. The number of hydrogen-bond acceptors (Lipinski definition) is 4. The molecule has 0 N–H and O–H groups in total. The van der Waals surface area contributed by atoms with E-state index in [1.807, 2.05) is 60.1 Å². The van der Waals surface area contributed by atoms with Gasteiger partial charge >= 0.3 is 0 Å². The summed E-state index contributed by atoms with van der Waals surface area (Å²) in [6, 6.07) is 17.3. The number of aryl methyl sites for hydroxylation is 1. The summed E-state index contributed by atoms with van der Waals surface area (Å²) < 4.78 is 14.4. The molecule has 0 bridgehead atoms. The van der Waals surface area contributed by atoms with Crippen molar-refractivity contribution in [1.29, 1.82) is 5.26 Å². The molecule has 4 rings (SSSR count). The average molecular weight is 448 g/mol. The number of ether oxygens (including phenoxy) is 2. The van der Waals surface area contributed by atoms with Gasteiger partial charge in [0.25, 0.3) is 0 Å². The van der Waals surface area contributed by atoms with Gasteiger partial charge in [0.2, 0.25) is 0 Å². The van der Waals surface area contributed by atoms with Crippen LogP contribution >= 0.6 is 15.9 Å². The maximum atomic E-state index is 8.89. The predicted octanol–water partition coefficient (Wildman–Crippen LogP) is 5.53. The molecule has 0 amide bonds. The predicted molar refractivity (Wildman–Crippen MR) is 115 cm³/mol. The lowest BCUT2D eigenvalue weighted by atomic mass is 10.1. The number of nitrogens with zero attached hydrogens (tertiary/aromatic N) is 3. The largest absolute Gasteiger partial charge is 0.493 e. The second-order valence-electron chi connectivity index (χ2n) is 6.69. The Kier molecular flexibility index (Phi) is 5.24. The molecule has 6 heteroatoms. The number of halogens is 1. The zero-order valence-electron chi connectivity index (χ0n) is 16.0. The van der Waals surface area contributed by atoms with Crippen LogP contribution in [0.2, 0.25) is 0 Å². The molecule has 0 spiro atoms. The van der Waals surface area contributed by atoms with E-state index in [-0.39, 0.29) is 0 Å². The van der Waals surface area contributed by atoms with E-state index in [2.05, 4.69) is 22.0 Å². The van der Waals surface area contributed by atoms with Crippen molar-refractivity contribution in [3.8, 4) is 28.8 Å². The van der Waals surface area contributed by atoms with Gasteiger partial charge in [-0.1, -0.05) is 12.1 Å². The minimum absolute atomic E-state index is 0.391. The Morgan fingerprint density at radius 1 is 1.07 bits per heavy atom. The first-order valence-corrected chi connectivity index (χ1v) is 9.82. The van der Waals surface area contributed by atoms with E-state index in [0.717, 1.165) is 32.5 Å². The standard InChI is InChI=1S/C23H18BrN3O2/c1-15-9-19(24)23-26-20(13-27(23)12-15)18-7-8-21(22(10-18)28-2)29-14-17-5-3-16(11-25)4-6-17/h3-10,12-13H,14H2,1-2H3. The number of nitriles is 1. The highest BCUT2D eigenvalue weighted by Crippen LogP contribution is 2.33. The fraction of sp³-hybridized carbons (Fsp3) is 0.130. The van der Waals surface area contributed by atoms with E-state index >= 15 is 0 Å². The van der Waals surface area contributed by atoms with Crippen LogP contribution in [0.25, 0.3) is 16.9 Å². The molecule has 0 aliphatic carbocycles. The Balaban J connectivity index is 1.59. The second-order valence-corrected chi connectivity index (χ2v) is 7.54. The number of fused-ring (bicyclic) bond motifs is 1. The first-order chi connectivity index (χ1) is 14.1. The summed E-state index contributed by atoms with van der Waals surface area (Å²) in [5.41, 5.74) is 5.43. The van der Waals surface area contributed by atoms with Gasteiger partial charge in [-0.05, 0) is 70.4 Å². The van der Waals surface area contributed by atoms with E-state index in [9.17, 15) is 0 Å². The van der Waals surface area contributed by atoms with Crippen molar-refractivity contribution in [3.05, 3.63) is 82.1 Å². The van der Waals surface area contributed by atoms with Gasteiger partial charge in [0.15, 0.2) is 17.1 Å². The lowest BCUT2D eigenvalue weighted by Crippen LogP contribution is -1.98. The summed E-state index contributed by atoms with van der Waals surface area (Å²) in [6.45, 7) is 2.44. The van der Waals surface area contributed by atoms with E-state index < -0.39 is 0 Å². The van der Waals surface area contributed by atoms with Gasteiger partial charge < -0.3 is 13.9 Å². The molecular weight excluding hydrogens is 430 g/mol. The van der Waals surface area contributed by atoms with Crippen molar-refractivity contribution in [2.45, 2.75) is 13.5 Å².